The van der Waals surface area contributed by atoms with Crippen molar-refractivity contribution in [3.63, 3.8) is 0 Å². The lowest BCUT2D eigenvalue weighted by atomic mass is 10.2. The third-order valence-corrected chi connectivity index (χ3v) is 4.96. The van der Waals surface area contributed by atoms with Gasteiger partial charge in [-0.05, 0) is 42.3 Å². The number of benzene rings is 2. The van der Waals surface area contributed by atoms with Crippen LogP contribution >= 0.6 is 23.4 Å². The van der Waals surface area contributed by atoms with Crippen molar-refractivity contribution in [1.29, 1.82) is 0 Å². The van der Waals surface area contributed by atoms with Crippen LogP contribution in [0.2, 0.25) is 5.02 Å². The van der Waals surface area contributed by atoms with Crippen molar-refractivity contribution in [3.05, 3.63) is 76.8 Å². The van der Waals surface area contributed by atoms with Crippen LogP contribution in [0, 0.1) is 12.7 Å². The van der Waals surface area contributed by atoms with Gasteiger partial charge in [0.1, 0.15) is 23.0 Å². The predicted molar refractivity (Wildman–Crippen MR) is 111 cm³/mol. The fourth-order valence-corrected chi connectivity index (χ4v) is 3.15. The van der Waals surface area contributed by atoms with Crippen LogP contribution in [0.15, 0.2) is 59.9 Å². The Hall–Kier alpha value is -2.64. The van der Waals surface area contributed by atoms with Crippen LogP contribution in [0.1, 0.15) is 11.1 Å². The summed E-state index contributed by atoms with van der Waals surface area (Å²) in [6, 6.07) is 14.0. The van der Waals surface area contributed by atoms with Gasteiger partial charge >= 0.3 is 0 Å². The molecule has 8 heteroatoms. The van der Waals surface area contributed by atoms with Gasteiger partial charge in [-0.3, -0.25) is 4.79 Å². The molecular weight excluding hydrogens is 399 g/mol. The average Bonchev–Trinajstić information content (AvgIpc) is 2.68. The first kappa shape index (κ1) is 20.1. The van der Waals surface area contributed by atoms with E-state index in [1.807, 2.05) is 24.3 Å². The zero-order valence-corrected chi connectivity index (χ0v) is 16.6. The summed E-state index contributed by atoms with van der Waals surface area (Å²) in [7, 11) is 0. The van der Waals surface area contributed by atoms with Crippen molar-refractivity contribution in [2.45, 2.75) is 18.5 Å². The lowest BCUT2D eigenvalue weighted by molar-refractivity contribution is -0.113. The number of nitrogens with zero attached hydrogens (tertiary/aromatic N) is 2. The lowest BCUT2D eigenvalue weighted by Gasteiger charge is -2.08. The minimum absolute atomic E-state index is 0.112. The van der Waals surface area contributed by atoms with Crippen LogP contribution in [0.3, 0.4) is 0 Å². The number of nitrogens with one attached hydrogen (secondary N) is 2. The third-order valence-electron chi connectivity index (χ3n) is 3.78. The molecule has 1 amide bonds. The highest BCUT2D eigenvalue weighted by Crippen LogP contribution is 2.20. The Bertz CT molecular complexity index is 969. The Labute approximate surface area is 171 Å². The lowest BCUT2D eigenvalue weighted by Crippen LogP contribution is -2.15. The first-order chi connectivity index (χ1) is 13.5. The van der Waals surface area contributed by atoms with E-state index in [4.69, 9.17) is 11.6 Å². The van der Waals surface area contributed by atoms with E-state index in [0.717, 1.165) is 11.1 Å². The van der Waals surface area contributed by atoms with E-state index in [1.54, 1.807) is 25.1 Å². The molecule has 0 bridgehead atoms. The van der Waals surface area contributed by atoms with Gasteiger partial charge in [-0.2, -0.15) is 0 Å². The molecule has 0 unspecified atom stereocenters. The SMILES string of the molecule is Cc1ccc(NC(=O)CSc2cc(NCc3ccc(Cl)cc3)ncn2)c(F)c1. The van der Waals surface area contributed by atoms with Gasteiger partial charge in [-0.1, -0.05) is 41.6 Å². The quantitative estimate of drug-likeness (QED) is 0.422. The number of thioether (sulfide) groups is 1. The van der Waals surface area contributed by atoms with Crippen LogP contribution in [0.5, 0.6) is 0 Å². The van der Waals surface area contributed by atoms with Gasteiger partial charge in [0.2, 0.25) is 5.91 Å². The maximum atomic E-state index is 13.8. The molecule has 2 aromatic carbocycles. The van der Waals surface area contributed by atoms with Crippen molar-refractivity contribution in [1.82, 2.24) is 9.97 Å². The molecule has 2 N–H and O–H groups in total. The van der Waals surface area contributed by atoms with Gasteiger partial charge < -0.3 is 10.6 Å². The third kappa shape index (κ3) is 5.94. The summed E-state index contributed by atoms with van der Waals surface area (Å²) in [5, 5.41) is 7.11. The van der Waals surface area contributed by atoms with Gasteiger partial charge in [-0.15, -0.1) is 0 Å². The standard InChI is InChI=1S/C20H18ClFN4OS/c1-13-2-7-17(16(22)8-13)26-19(27)11-28-20-9-18(24-12-25-20)23-10-14-3-5-15(21)6-4-14/h2-9,12H,10-11H2,1H3,(H,26,27)(H,23,24,25). The van der Waals surface area contributed by atoms with Gasteiger partial charge in [0.05, 0.1) is 11.4 Å². The largest absolute Gasteiger partial charge is 0.366 e. The van der Waals surface area contributed by atoms with Crippen molar-refractivity contribution in [2.24, 2.45) is 0 Å². The second-order valence-corrected chi connectivity index (χ2v) is 7.47. The molecule has 0 aliphatic heterocycles. The molecule has 3 aromatic rings. The summed E-state index contributed by atoms with van der Waals surface area (Å²) in [6.07, 6.45) is 1.43. The molecule has 0 aliphatic carbocycles. The highest BCUT2D eigenvalue weighted by atomic mass is 35.5. The van der Waals surface area contributed by atoms with Crippen LogP contribution in [0.4, 0.5) is 15.9 Å². The predicted octanol–water partition coefficient (Wildman–Crippen LogP) is 4.92. The molecule has 0 aliphatic rings. The Balaban J connectivity index is 1.52. The topological polar surface area (TPSA) is 66.9 Å². The minimum atomic E-state index is -0.450. The number of hydrogen-bond donors (Lipinski definition) is 2. The van der Waals surface area contributed by atoms with E-state index in [-0.39, 0.29) is 17.3 Å². The van der Waals surface area contributed by atoms with Gasteiger partial charge in [0.25, 0.3) is 0 Å². The summed E-state index contributed by atoms with van der Waals surface area (Å²) in [6.45, 7) is 2.38. The Morgan fingerprint density at radius 1 is 1.14 bits per heavy atom. The number of carbonyl (C=O) groups excluding carboxylic acids is 1. The maximum absolute atomic E-state index is 13.8. The highest BCUT2D eigenvalue weighted by Gasteiger charge is 2.09. The summed E-state index contributed by atoms with van der Waals surface area (Å²) < 4.78 is 13.8. The molecule has 0 fully saturated rings. The average molecular weight is 417 g/mol. The molecule has 1 heterocycles. The molecule has 0 atom stereocenters. The Morgan fingerprint density at radius 2 is 1.93 bits per heavy atom. The summed E-state index contributed by atoms with van der Waals surface area (Å²) in [5.74, 6) is 0.00886. The number of carbonyl (C=O) groups is 1. The highest BCUT2D eigenvalue weighted by molar-refractivity contribution is 7.99. The Morgan fingerprint density at radius 3 is 2.68 bits per heavy atom. The number of rotatable bonds is 7. The van der Waals surface area contributed by atoms with E-state index in [9.17, 15) is 9.18 Å². The molecular formula is C20H18ClFN4OS. The molecule has 3 rings (SSSR count). The fraction of sp³-hybridized carbons (Fsp3) is 0.150. The second-order valence-electron chi connectivity index (χ2n) is 6.04. The summed E-state index contributed by atoms with van der Waals surface area (Å²) in [4.78, 5) is 20.4. The van der Waals surface area contributed by atoms with Crippen LogP contribution in [-0.2, 0) is 11.3 Å². The number of amides is 1. The first-order valence-electron chi connectivity index (χ1n) is 8.49. The minimum Gasteiger partial charge on any atom is -0.366 e. The molecule has 28 heavy (non-hydrogen) atoms. The zero-order chi connectivity index (χ0) is 19.9. The summed E-state index contributed by atoms with van der Waals surface area (Å²) in [5.41, 5.74) is 2.03. The maximum Gasteiger partial charge on any atom is 0.234 e. The molecule has 0 spiro atoms. The van der Waals surface area contributed by atoms with Gasteiger partial charge in [0.15, 0.2) is 0 Å². The molecule has 0 radical (unpaired) electrons. The number of aryl methyl sites for hydroxylation is 1. The van der Waals surface area contributed by atoms with E-state index < -0.39 is 5.82 Å². The zero-order valence-electron chi connectivity index (χ0n) is 15.1. The number of aromatic nitrogens is 2. The van der Waals surface area contributed by atoms with E-state index >= 15 is 0 Å². The smallest absolute Gasteiger partial charge is 0.234 e. The number of hydrogen-bond acceptors (Lipinski definition) is 5. The van der Waals surface area contributed by atoms with Crippen molar-refractivity contribution in [2.75, 3.05) is 16.4 Å². The first-order valence-corrected chi connectivity index (χ1v) is 9.85. The monoisotopic (exact) mass is 416 g/mol. The van der Waals surface area contributed by atoms with Crippen LogP contribution in [-0.4, -0.2) is 21.6 Å². The van der Waals surface area contributed by atoms with Crippen molar-refractivity contribution < 1.29 is 9.18 Å². The second kappa shape index (κ2) is 9.52. The fourth-order valence-electron chi connectivity index (χ4n) is 2.36. The Kier molecular flexibility index (Phi) is 6.84. The van der Waals surface area contributed by atoms with E-state index in [2.05, 4.69) is 20.6 Å². The van der Waals surface area contributed by atoms with E-state index in [0.29, 0.717) is 22.4 Å². The molecule has 1 aromatic heterocycles. The molecule has 0 saturated heterocycles. The van der Waals surface area contributed by atoms with Crippen LogP contribution in [0.25, 0.3) is 0 Å². The number of anilines is 2. The van der Waals surface area contributed by atoms with Crippen molar-refractivity contribution in [3.8, 4) is 0 Å². The molecule has 144 valence electrons. The van der Waals surface area contributed by atoms with Gasteiger partial charge in [0, 0.05) is 17.6 Å². The normalized spacial score (nSPS) is 10.5. The summed E-state index contributed by atoms with van der Waals surface area (Å²) >= 11 is 7.13. The molecule has 0 saturated carbocycles. The molecule has 5 nitrogen and oxygen atoms in total. The van der Waals surface area contributed by atoms with Crippen LogP contribution < -0.4 is 10.6 Å². The van der Waals surface area contributed by atoms with Crippen molar-refractivity contribution >= 4 is 40.8 Å². The number of halogens is 2. The van der Waals surface area contributed by atoms with Gasteiger partial charge in [-0.25, -0.2) is 14.4 Å². The van der Waals surface area contributed by atoms with E-state index in [1.165, 1.54) is 24.2 Å².